The van der Waals surface area contributed by atoms with Crippen molar-refractivity contribution in [2.45, 2.75) is 78.1 Å². The third kappa shape index (κ3) is 11.7. The van der Waals surface area contributed by atoms with E-state index in [9.17, 15) is 28.8 Å². The molecule has 12 nitrogen and oxygen atoms in total. The summed E-state index contributed by atoms with van der Waals surface area (Å²) in [6.45, 7) is 3.83. The van der Waals surface area contributed by atoms with Crippen LogP contribution in [0.5, 0.6) is 0 Å². The molecule has 4 aromatic rings. The number of aromatic nitrogens is 2. The van der Waals surface area contributed by atoms with Gasteiger partial charge in [0.15, 0.2) is 21.8 Å². The van der Waals surface area contributed by atoms with E-state index < -0.39 is 23.6 Å². The minimum Gasteiger partial charge on any atom is -0.325 e. The first-order valence-electron chi connectivity index (χ1n) is 17.4. The van der Waals surface area contributed by atoms with E-state index >= 15 is 0 Å². The van der Waals surface area contributed by atoms with Crippen LogP contribution < -0.4 is 21.3 Å². The van der Waals surface area contributed by atoms with Crippen LogP contribution in [0.25, 0.3) is 0 Å². The molecule has 0 spiro atoms. The second kappa shape index (κ2) is 18.9. The summed E-state index contributed by atoms with van der Waals surface area (Å²) in [6, 6.07) is 10.8. The fourth-order valence-corrected chi connectivity index (χ4v) is 8.03. The summed E-state index contributed by atoms with van der Waals surface area (Å²) in [4.78, 5) is 82.0. The predicted molar refractivity (Wildman–Crippen MR) is 211 cm³/mol. The molecule has 53 heavy (non-hydrogen) atoms. The van der Waals surface area contributed by atoms with Crippen molar-refractivity contribution in [2.24, 2.45) is 11.8 Å². The number of thiazole rings is 2. The van der Waals surface area contributed by atoms with Crippen LogP contribution >= 0.6 is 38.6 Å². The Labute approximate surface area is 324 Å². The molecule has 15 heteroatoms. The number of aryl methyl sites for hydroxylation is 2. The molecule has 4 N–H and O–H groups in total. The number of carbonyl (C=O) groups is 6. The Kier molecular flexibility index (Phi) is 14.2. The molecule has 2 aromatic heterocycles. The van der Waals surface area contributed by atoms with Gasteiger partial charge in [-0.25, -0.2) is 9.97 Å². The van der Waals surface area contributed by atoms with E-state index in [4.69, 9.17) is 0 Å². The van der Waals surface area contributed by atoms with Gasteiger partial charge in [0.25, 0.3) is 0 Å². The predicted octanol–water partition coefficient (Wildman–Crippen LogP) is 8.35. The molecule has 0 unspecified atom stereocenters. The first-order valence-corrected chi connectivity index (χ1v) is 19.9. The smallest absolute Gasteiger partial charge is 0.235 e. The number of ketones is 2. The summed E-state index contributed by atoms with van der Waals surface area (Å²) in [5, 5.41) is 13.2. The molecule has 2 aliphatic rings. The monoisotopic (exact) mass is 820 g/mol. The minimum atomic E-state index is -0.465. The van der Waals surface area contributed by atoms with Gasteiger partial charge in [-0.05, 0) is 79.7 Å². The molecule has 6 rings (SSSR count). The molecule has 2 heterocycles. The topological polar surface area (TPSA) is 176 Å². The number of nitrogens with one attached hydrogen (secondary N) is 4. The van der Waals surface area contributed by atoms with Crippen LogP contribution in [0.1, 0.15) is 96.1 Å². The van der Waals surface area contributed by atoms with Gasteiger partial charge in [0.05, 0.1) is 21.4 Å². The normalized spacial score (nSPS) is 14.2. The van der Waals surface area contributed by atoms with Gasteiger partial charge in [-0.3, -0.25) is 28.8 Å². The van der Waals surface area contributed by atoms with Crippen molar-refractivity contribution >= 4 is 95.4 Å². The van der Waals surface area contributed by atoms with Gasteiger partial charge >= 0.3 is 0 Å². The number of rotatable bonds is 12. The van der Waals surface area contributed by atoms with Gasteiger partial charge in [-0.1, -0.05) is 60.3 Å². The van der Waals surface area contributed by atoms with Gasteiger partial charge in [-0.2, -0.15) is 0 Å². The van der Waals surface area contributed by atoms with Crippen LogP contribution in [0.4, 0.5) is 21.6 Å². The maximum Gasteiger partial charge on any atom is 0.235 e. The summed E-state index contributed by atoms with van der Waals surface area (Å²) in [5.41, 5.74) is 3.92. The average Bonchev–Trinajstić information content (AvgIpc) is 3.96. The van der Waals surface area contributed by atoms with Crippen molar-refractivity contribution in [3.05, 3.63) is 80.2 Å². The highest BCUT2D eigenvalue weighted by Crippen LogP contribution is 2.32. The third-order valence-electron chi connectivity index (χ3n) is 8.93. The Morgan fingerprint density at radius 2 is 1.11 bits per heavy atom. The van der Waals surface area contributed by atoms with E-state index in [-0.39, 0.29) is 36.2 Å². The van der Waals surface area contributed by atoms with Crippen LogP contribution in [0, 0.1) is 25.7 Å². The van der Waals surface area contributed by atoms with Gasteiger partial charge in [0.2, 0.25) is 23.6 Å². The number of amides is 4. The molecule has 2 aromatic carbocycles. The summed E-state index contributed by atoms with van der Waals surface area (Å²) in [5.74, 6) is -1.61. The van der Waals surface area contributed by atoms with Crippen LogP contribution in [0.2, 0.25) is 0 Å². The van der Waals surface area contributed by atoms with E-state index in [1.165, 1.54) is 22.7 Å². The maximum atomic E-state index is 12.8. The van der Waals surface area contributed by atoms with E-state index in [0.29, 0.717) is 32.8 Å². The van der Waals surface area contributed by atoms with Crippen molar-refractivity contribution in [3.8, 4) is 0 Å². The number of Topliss-reactive ketones (excluding diaryl/α,β-unsaturated/α-hetero) is 2. The Hall–Kier alpha value is -4.60. The fourth-order valence-electron chi connectivity index (χ4n) is 6.36. The highest BCUT2D eigenvalue weighted by Gasteiger charge is 2.28. The number of hydrogen-bond acceptors (Lipinski definition) is 10. The SMILES string of the molecule is Cc1ccc(NC(=O)CC(=O)Nc2ncc(Br)s2)c(C(=O)C2CCCC2)c1.Cc1ccc(NC(=O)CC(=O)Nc2nccs2)c(C(=O)C2CCCC2)c1. The summed E-state index contributed by atoms with van der Waals surface area (Å²) in [6.07, 6.45) is 10.3. The van der Waals surface area contributed by atoms with Crippen molar-refractivity contribution in [2.75, 3.05) is 21.3 Å². The molecule has 0 aliphatic heterocycles. The lowest BCUT2D eigenvalue weighted by atomic mass is 9.94. The Balaban J connectivity index is 0.000000204. The maximum absolute atomic E-state index is 12.8. The van der Waals surface area contributed by atoms with Crippen molar-refractivity contribution < 1.29 is 28.8 Å². The molecule has 4 amide bonds. The summed E-state index contributed by atoms with van der Waals surface area (Å²) < 4.78 is 0.789. The van der Waals surface area contributed by atoms with Gasteiger partial charge < -0.3 is 21.3 Å². The molecular weight excluding hydrogens is 780 g/mol. The Morgan fingerprint density at radius 3 is 1.53 bits per heavy atom. The molecular formula is C38H41BrN6O6S2. The van der Waals surface area contributed by atoms with Gasteiger partial charge in [-0.15, -0.1) is 11.3 Å². The molecule has 278 valence electrons. The zero-order chi connectivity index (χ0) is 37.9. The largest absolute Gasteiger partial charge is 0.325 e. The lowest BCUT2D eigenvalue weighted by Gasteiger charge is -2.14. The number of benzene rings is 2. The zero-order valence-electron chi connectivity index (χ0n) is 29.5. The van der Waals surface area contributed by atoms with E-state index in [1.54, 1.807) is 29.9 Å². The second-order valence-electron chi connectivity index (χ2n) is 13.1. The third-order valence-corrected chi connectivity index (χ3v) is 11.0. The highest BCUT2D eigenvalue weighted by molar-refractivity contribution is 9.11. The van der Waals surface area contributed by atoms with E-state index in [2.05, 4.69) is 47.2 Å². The van der Waals surface area contributed by atoms with Crippen molar-refractivity contribution in [1.29, 1.82) is 0 Å². The molecule has 2 fully saturated rings. The van der Waals surface area contributed by atoms with E-state index in [0.717, 1.165) is 66.3 Å². The fraction of sp³-hybridized carbons (Fsp3) is 0.368. The molecule has 2 aliphatic carbocycles. The average molecular weight is 822 g/mol. The lowest BCUT2D eigenvalue weighted by Crippen LogP contribution is -2.23. The zero-order valence-corrected chi connectivity index (χ0v) is 32.7. The first-order chi connectivity index (χ1) is 25.4. The van der Waals surface area contributed by atoms with Crippen LogP contribution in [0.3, 0.4) is 0 Å². The lowest BCUT2D eigenvalue weighted by molar-refractivity contribution is -0.125. The van der Waals surface area contributed by atoms with Crippen LogP contribution in [-0.2, 0) is 19.2 Å². The summed E-state index contributed by atoms with van der Waals surface area (Å²) >= 11 is 5.82. The number of anilines is 4. The first kappa shape index (κ1) is 39.6. The van der Waals surface area contributed by atoms with Gasteiger partial charge in [0, 0.05) is 34.5 Å². The second-order valence-corrected chi connectivity index (χ2v) is 16.4. The van der Waals surface area contributed by atoms with E-state index in [1.807, 2.05) is 38.1 Å². The molecule has 0 saturated heterocycles. The molecule has 0 bridgehead atoms. The quantitative estimate of drug-likeness (QED) is 0.0814. The number of nitrogens with zero attached hydrogens (tertiary/aromatic N) is 2. The van der Waals surface area contributed by atoms with Crippen LogP contribution in [0.15, 0.2) is 58.0 Å². The minimum absolute atomic E-state index is 0.0223. The van der Waals surface area contributed by atoms with Crippen molar-refractivity contribution in [1.82, 2.24) is 9.97 Å². The standard InChI is InChI=1S/C19H20BrN3O3S.C19H21N3O3S/c1-11-6-7-14(13(8-11)18(26)12-4-2-3-5-12)22-16(24)9-17(25)23-19-21-10-15(20)27-19;1-12-6-7-15(14(10-12)18(25)13-4-2-3-5-13)21-16(23)11-17(24)22-19-20-8-9-26-19/h6-8,10,12H,2-5,9H2,1H3,(H,22,24)(H,21,23,25);6-10,13H,2-5,11H2,1H3,(H,21,23)(H,20,22,24). The number of halogens is 1. The number of carbonyl (C=O) groups excluding carboxylic acids is 6. The molecule has 0 atom stereocenters. The molecule has 2 saturated carbocycles. The highest BCUT2D eigenvalue weighted by atomic mass is 79.9. The van der Waals surface area contributed by atoms with Crippen molar-refractivity contribution in [3.63, 3.8) is 0 Å². The number of hydrogen-bond donors (Lipinski definition) is 4. The summed E-state index contributed by atoms with van der Waals surface area (Å²) in [7, 11) is 0. The Morgan fingerprint density at radius 1 is 0.660 bits per heavy atom. The Bertz CT molecular complexity index is 1970. The van der Waals surface area contributed by atoms with Gasteiger partial charge in [0.1, 0.15) is 12.8 Å². The molecule has 0 radical (unpaired) electrons. The van der Waals surface area contributed by atoms with Crippen LogP contribution in [-0.4, -0.2) is 45.2 Å².